The molecule has 136 valence electrons. The van der Waals surface area contributed by atoms with Gasteiger partial charge in [0.15, 0.2) is 0 Å². The van der Waals surface area contributed by atoms with Gasteiger partial charge in [-0.2, -0.15) is 5.10 Å². The lowest BCUT2D eigenvalue weighted by molar-refractivity contribution is 0.0955. The number of phenolic OH excluding ortho intramolecular Hbond substituents is 1. The summed E-state index contributed by atoms with van der Waals surface area (Å²) in [6.07, 6.45) is 1.29. The summed E-state index contributed by atoms with van der Waals surface area (Å²) in [5.41, 5.74) is 5.24. The number of para-hydroxylation sites is 1. The fourth-order valence-electron chi connectivity index (χ4n) is 2.70. The lowest BCUT2D eigenvalue weighted by Crippen LogP contribution is -2.21. The second kappa shape index (κ2) is 9.01. The minimum absolute atomic E-state index is 0.122. The molecule has 0 aliphatic carbocycles. The highest BCUT2D eigenvalue weighted by molar-refractivity contribution is 6.33. The highest BCUT2D eigenvalue weighted by Gasteiger charge is 2.12. The van der Waals surface area contributed by atoms with Crippen LogP contribution in [0.4, 0.5) is 0 Å². The van der Waals surface area contributed by atoms with Gasteiger partial charge < -0.3 is 5.11 Å². The van der Waals surface area contributed by atoms with Crippen molar-refractivity contribution in [1.29, 1.82) is 0 Å². The number of hydrogen-bond acceptors (Lipinski definition) is 3. The number of nitrogens with one attached hydrogen (secondary N) is 1. The molecule has 0 aliphatic rings. The molecular weight excluding hydrogens is 360 g/mol. The van der Waals surface area contributed by atoms with Gasteiger partial charge in [-0.15, -0.1) is 0 Å². The Morgan fingerprint density at radius 1 is 0.889 bits per heavy atom. The van der Waals surface area contributed by atoms with Crippen molar-refractivity contribution in [3.63, 3.8) is 0 Å². The topological polar surface area (TPSA) is 61.7 Å². The molecule has 3 rings (SSSR count). The molecule has 0 atom stereocenters. The van der Waals surface area contributed by atoms with Crippen molar-refractivity contribution in [2.24, 2.45) is 5.10 Å². The van der Waals surface area contributed by atoms with E-state index in [4.69, 9.17) is 11.6 Å². The van der Waals surface area contributed by atoms with Crippen molar-refractivity contribution >= 4 is 23.2 Å². The van der Waals surface area contributed by atoms with Crippen LogP contribution < -0.4 is 5.43 Å². The van der Waals surface area contributed by atoms with Gasteiger partial charge in [-0.25, -0.2) is 5.43 Å². The number of amides is 1. The molecule has 0 heterocycles. The molecule has 0 aliphatic heterocycles. The summed E-state index contributed by atoms with van der Waals surface area (Å²) in [5, 5.41) is 14.8. The van der Waals surface area contributed by atoms with Crippen LogP contribution in [0.2, 0.25) is 5.02 Å². The SMILES string of the molecule is O=C(N/N=C(\CCc1ccccc1)c1ccccc1O)c1ccccc1Cl. The van der Waals surface area contributed by atoms with E-state index in [1.54, 1.807) is 42.5 Å². The van der Waals surface area contributed by atoms with E-state index in [9.17, 15) is 9.90 Å². The molecule has 0 bridgehead atoms. The number of benzene rings is 3. The number of rotatable bonds is 6. The fraction of sp³-hybridized carbons (Fsp3) is 0.0909. The predicted molar refractivity (Wildman–Crippen MR) is 108 cm³/mol. The van der Waals surface area contributed by atoms with E-state index in [0.29, 0.717) is 28.3 Å². The van der Waals surface area contributed by atoms with Crippen LogP contribution in [0, 0.1) is 0 Å². The van der Waals surface area contributed by atoms with Crippen molar-refractivity contribution in [3.05, 3.63) is 101 Å². The van der Waals surface area contributed by atoms with Gasteiger partial charge in [0.25, 0.3) is 5.91 Å². The van der Waals surface area contributed by atoms with E-state index in [1.807, 2.05) is 36.4 Å². The Kier molecular flexibility index (Phi) is 6.23. The van der Waals surface area contributed by atoms with Crippen molar-refractivity contribution in [2.75, 3.05) is 0 Å². The zero-order chi connectivity index (χ0) is 19.1. The monoisotopic (exact) mass is 378 g/mol. The molecule has 1 amide bonds. The minimum atomic E-state index is -0.395. The van der Waals surface area contributed by atoms with Gasteiger partial charge in [0.2, 0.25) is 0 Å². The Bertz CT molecular complexity index is 955. The van der Waals surface area contributed by atoms with Gasteiger partial charge in [0.1, 0.15) is 5.75 Å². The van der Waals surface area contributed by atoms with Crippen molar-refractivity contribution in [2.45, 2.75) is 12.8 Å². The van der Waals surface area contributed by atoms with Gasteiger partial charge >= 0.3 is 0 Å². The van der Waals surface area contributed by atoms with E-state index in [2.05, 4.69) is 10.5 Å². The Morgan fingerprint density at radius 2 is 1.52 bits per heavy atom. The largest absolute Gasteiger partial charge is 0.507 e. The maximum atomic E-state index is 12.4. The number of phenols is 1. The number of halogens is 1. The molecule has 0 saturated carbocycles. The summed E-state index contributed by atoms with van der Waals surface area (Å²) in [5.74, 6) is -0.274. The molecule has 0 fully saturated rings. The molecule has 2 N–H and O–H groups in total. The van der Waals surface area contributed by atoms with Crippen LogP contribution in [0.15, 0.2) is 84.0 Å². The van der Waals surface area contributed by atoms with Gasteiger partial charge in [0.05, 0.1) is 16.3 Å². The van der Waals surface area contributed by atoms with Crippen molar-refractivity contribution in [1.82, 2.24) is 5.43 Å². The third-order valence-corrected chi connectivity index (χ3v) is 4.45. The molecule has 0 saturated heterocycles. The normalized spacial score (nSPS) is 11.2. The Hall–Kier alpha value is -3.11. The van der Waals surface area contributed by atoms with Crippen LogP contribution in [0.5, 0.6) is 5.75 Å². The number of hydrazone groups is 1. The smallest absolute Gasteiger partial charge is 0.272 e. The zero-order valence-corrected chi connectivity index (χ0v) is 15.4. The number of aromatic hydroxyl groups is 1. The zero-order valence-electron chi connectivity index (χ0n) is 14.6. The highest BCUT2D eigenvalue weighted by Crippen LogP contribution is 2.20. The second-order valence-corrected chi connectivity index (χ2v) is 6.39. The molecule has 27 heavy (non-hydrogen) atoms. The first-order chi connectivity index (χ1) is 13.1. The number of carbonyl (C=O) groups is 1. The third kappa shape index (κ3) is 4.96. The van der Waals surface area contributed by atoms with Crippen LogP contribution >= 0.6 is 11.6 Å². The Labute approximate surface area is 163 Å². The summed E-state index contributed by atoms with van der Waals surface area (Å²) in [7, 11) is 0. The average Bonchev–Trinajstić information content (AvgIpc) is 2.70. The lowest BCUT2D eigenvalue weighted by atomic mass is 10.0. The first-order valence-corrected chi connectivity index (χ1v) is 8.96. The van der Waals surface area contributed by atoms with Gasteiger partial charge in [-0.3, -0.25) is 4.79 Å². The van der Waals surface area contributed by atoms with E-state index < -0.39 is 5.91 Å². The predicted octanol–water partition coefficient (Wildman–Crippen LogP) is 4.81. The quantitative estimate of drug-likeness (QED) is 0.477. The van der Waals surface area contributed by atoms with Crippen LogP contribution in [-0.4, -0.2) is 16.7 Å². The maximum Gasteiger partial charge on any atom is 0.272 e. The number of nitrogens with zero attached hydrogens (tertiary/aromatic N) is 1. The Balaban J connectivity index is 1.83. The molecule has 0 radical (unpaired) electrons. The van der Waals surface area contributed by atoms with E-state index >= 15 is 0 Å². The molecule has 0 unspecified atom stereocenters. The maximum absolute atomic E-state index is 12.4. The third-order valence-electron chi connectivity index (χ3n) is 4.12. The summed E-state index contributed by atoms with van der Waals surface area (Å²) in [6, 6.07) is 23.7. The van der Waals surface area contributed by atoms with E-state index in [-0.39, 0.29) is 5.75 Å². The first-order valence-electron chi connectivity index (χ1n) is 8.59. The molecule has 3 aromatic rings. The van der Waals surface area contributed by atoms with Gasteiger partial charge in [-0.1, -0.05) is 66.2 Å². The standard InChI is InChI=1S/C22H19ClN2O2/c23-19-12-6-4-10-17(19)22(27)25-24-20(18-11-5-7-13-21(18)26)15-14-16-8-2-1-3-9-16/h1-13,26H,14-15H2,(H,25,27)/b24-20+. The summed E-state index contributed by atoms with van der Waals surface area (Å²) in [6.45, 7) is 0. The average molecular weight is 379 g/mol. The fourth-order valence-corrected chi connectivity index (χ4v) is 2.92. The number of hydrogen-bond donors (Lipinski definition) is 2. The van der Waals surface area contributed by atoms with Crippen LogP contribution in [0.3, 0.4) is 0 Å². The van der Waals surface area contributed by atoms with Crippen molar-refractivity contribution < 1.29 is 9.90 Å². The highest BCUT2D eigenvalue weighted by atomic mass is 35.5. The van der Waals surface area contributed by atoms with Crippen molar-refractivity contribution in [3.8, 4) is 5.75 Å². The summed E-state index contributed by atoms with van der Waals surface area (Å²) < 4.78 is 0. The van der Waals surface area contributed by atoms with E-state index in [1.165, 1.54) is 0 Å². The molecule has 0 spiro atoms. The van der Waals surface area contributed by atoms with Gasteiger partial charge in [-0.05, 0) is 42.7 Å². The minimum Gasteiger partial charge on any atom is -0.507 e. The molecule has 5 heteroatoms. The number of carbonyl (C=O) groups excluding carboxylic acids is 1. The number of aryl methyl sites for hydroxylation is 1. The molecule has 4 nitrogen and oxygen atoms in total. The molecule has 0 aromatic heterocycles. The van der Waals surface area contributed by atoms with Crippen LogP contribution in [0.25, 0.3) is 0 Å². The van der Waals surface area contributed by atoms with Gasteiger partial charge in [0, 0.05) is 5.56 Å². The second-order valence-electron chi connectivity index (χ2n) is 5.98. The summed E-state index contributed by atoms with van der Waals surface area (Å²) in [4.78, 5) is 12.4. The van der Waals surface area contributed by atoms with E-state index in [0.717, 1.165) is 12.0 Å². The van der Waals surface area contributed by atoms with Crippen LogP contribution in [-0.2, 0) is 6.42 Å². The molecular formula is C22H19ClN2O2. The summed E-state index contributed by atoms with van der Waals surface area (Å²) >= 11 is 6.07. The first kappa shape index (κ1) is 18.7. The lowest BCUT2D eigenvalue weighted by Gasteiger charge is -2.10. The Morgan fingerprint density at radius 3 is 2.22 bits per heavy atom. The molecule has 3 aromatic carbocycles. The van der Waals surface area contributed by atoms with Crippen LogP contribution in [0.1, 0.15) is 27.9 Å².